The number of aromatic amines is 1. The minimum Gasteiger partial charge on any atom is -0.491 e. The quantitative estimate of drug-likeness (QED) is 0.292. The van der Waals surface area contributed by atoms with E-state index in [4.69, 9.17) is 18.5 Å². The standard InChI is InChI=1S/C23H22N4O4S/c1-14(2)30-16-3-5-19-18(12-16)23(26-25-19)15-7-8-24-22(11-15)27-31-32-17-4-6-20-21(13-17)29-10-9-28-20/h3-8,11-14H,9-10H2,1-2H3,(H,24,27)(H,25,26). The summed E-state index contributed by atoms with van der Waals surface area (Å²) >= 11 is 1.18. The molecule has 0 fully saturated rings. The Bertz CT molecular complexity index is 1240. The smallest absolute Gasteiger partial charge is 0.162 e. The Morgan fingerprint density at radius 2 is 1.91 bits per heavy atom. The van der Waals surface area contributed by atoms with Gasteiger partial charge >= 0.3 is 0 Å². The molecule has 0 radical (unpaired) electrons. The van der Waals surface area contributed by atoms with Gasteiger partial charge in [-0.2, -0.15) is 9.38 Å². The van der Waals surface area contributed by atoms with Gasteiger partial charge in [0, 0.05) is 22.0 Å². The first-order valence-electron chi connectivity index (χ1n) is 10.3. The van der Waals surface area contributed by atoms with E-state index in [1.807, 2.05) is 62.4 Å². The van der Waals surface area contributed by atoms with Crippen LogP contribution in [0.5, 0.6) is 17.2 Å². The minimum absolute atomic E-state index is 0.100. The summed E-state index contributed by atoms with van der Waals surface area (Å²) in [5.74, 6) is 2.84. The average molecular weight is 451 g/mol. The molecule has 1 aliphatic rings. The molecule has 0 bridgehead atoms. The lowest BCUT2D eigenvalue weighted by molar-refractivity contribution is 0.171. The van der Waals surface area contributed by atoms with Gasteiger partial charge in [-0.3, -0.25) is 5.10 Å². The highest BCUT2D eigenvalue weighted by Crippen LogP contribution is 2.35. The molecule has 0 atom stereocenters. The topological polar surface area (TPSA) is 90.5 Å². The van der Waals surface area contributed by atoms with Crippen molar-refractivity contribution in [2.75, 3.05) is 18.7 Å². The Labute approximate surface area is 189 Å². The summed E-state index contributed by atoms with van der Waals surface area (Å²) in [5.41, 5.74) is 5.54. The highest BCUT2D eigenvalue weighted by Gasteiger charge is 2.13. The first kappa shape index (κ1) is 20.5. The molecule has 5 rings (SSSR count). The van der Waals surface area contributed by atoms with Gasteiger partial charge < -0.3 is 14.2 Å². The highest BCUT2D eigenvalue weighted by molar-refractivity contribution is 7.94. The van der Waals surface area contributed by atoms with Gasteiger partial charge in [-0.05, 0) is 62.4 Å². The molecule has 0 unspecified atom stereocenters. The lowest BCUT2D eigenvalue weighted by Gasteiger charge is -2.18. The Hall–Kier alpha value is -3.43. The van der Waals surface area contributed by atoms with E-state index in [0.29, 0.717) is 19.0 Å². The molecule has 0 spiro atoms. The van der Waals surface area contributed by atoms with Crippen LogP contribution in [0.4, 0.5) is 5.82 Å². The number of hydrogen-bond acceptors (Lipinski definition) is 8. The maximum absolute atomic E-state index is 5.83. The number of benzene rings is 2. The van der Waals surface area contributed by atoms with E-state index in [1.54, 1.807) is 6.20 Å². The predicted octanol–water partition coefficient (Wildman–Crippen LogP) is 5.23. The van der Waals surface area contributed by atoms with Crippen LogP contribution >= 0.6 is 12.0 Å². The number of aromatic nitrogens is 3. The number of pyridine rings is 1. The summed E-state index contributed by atoms with van der Waals surface area (Å²) in [5, 5.41) is 8.54. The highest BCUT2D eigenvalue weighted by atomic mass is 32.2. The summed E-state index contributed by atoms with van der Waals surface area (Å²) < 4.78 is 22.6. The van der Waals surface area contributed by atoms with Gasteiger partial charge in [0.2, 0.25) is 0 Å². The molecule has 0 amide bonds. The second kappa shape index (κ2) is 8.97. The maximum atomic E-state index is 5.83. The van der Waals surface area contributed by atoms with Gasteiger partial charge in [0.25, 0.3) is 0 Å². The first-order valence-corrected chi connectivity index (χ1v) is 11.0. The molecule has 0 saturated carbocycles. The van der Waals surface area contributed by atoms with Crippen molar-refractivity contribution >= 4 is 28.8 Å². The van der Waals surface area contributed by atoms with Crippen LogP contribution in [0.3, 0.4) is 0 Å². The molecular formula is C23H22N4O4S. The summed E-state index contributed by atoms with van der Waals surface area (Å²) in [6.07, 6.45) is 1.81. The van der Waals surface area contributed by atoms with Gasteiger partial charge in [0.1, 0.15) is 24.7 Å². The molecule has 9 heteroatoms. The van der Waals surface area contributed by atoms with Crippen LogP contribution in [-0.2, 0) is 4.28 Å². The fraction of sp³-hybridized carbons (Fsp3) is 0.217. The Kier molecular flexibility index (Phi) is 5.74. The molecule has 4 aromatic rings. The molecule has 3 heterocycles. The van der Waals surface area contributed by atoms with E-state index >= 15 is 0 Å². The second-order valence-corrected chi connectivity index (χ2v) is 8.25. The molecule has 2 aromatic carbocycles. The Morgan fingerprint density at radius 1 is 1.03 bits per heavy atom. The normalized spacial score (nSPS) is 12.8. The van der Waals surface area contributed by atoms with Gasteiger partial charge in [0.15, 0.2) is 17.3 Å². The van der Waals surface area contributed by atoms with Crippen LogP contribution in [0.25, 0.3) is 22.2 Å². The van der Waals surface area contributed by atoms with Crippen molar-refractivity contribution in [2.45, 2.75) is 24.8 Å². The molecular weight excluding hydrogens is 428 g/mol. The summed E-state index contributed by atoms with van der Waals surface area (Å²) in [6.45, 7) is 5.12. The predicted molar refractivity (Wildman–Crippen MR) is 123 cm³/mol. The van der Waals surface area contributed by atoms with Crippen LogP contribution in [0.15, 0.2) is 59.6 Å². The van der Waals surface area contributed by atoms with Crippen molar-refractivity contribution in [1.82, 2.24) is 15.2 Å². The fourth-order valence-corrected chi connectivity index (χ4v) is 3.88. The monoisotopic (exact) mass is 450 g/mol. The SMILES string of the molecule is CC(C)Oc1ccc2[nH]nc(-c3ccnc(NOSc4ccc5c(c4)OCCO5)c3)c2c1. The number of hydrogen-bond donors (Lipinski definition) is 2. The zero-order valence-electron chi connectivity index (χ0n) is 17.6. The van der Waals surface area contributed by atoms with Crippen LogP contribution < -0.4 is 19.7 Å². The maximum Gasteiger partial charge on any atom is 0.162 e. The zero-order chi connectivity index (χ0) is 21.9. The Balaban J connectivity index is 1.29. The molecule has 2 N–H and O–H groups in total. The van der Waals surface area contributed by atoms with Crippen molar-refractivity contribution < 1.29 is 18.5 Å². The third-order valence-electron chi connectivity index (χ3n) is 4.74. The largest absolute Gasteiger partial charge is 0.491 e. The molecule has 2 aromatic heterocycles. The number of rotatable bonds is 7. The number of H-pyrrole nitrogens is 1. The molecule has 32 heavy (non-hydrogen) atoms. The van der Waals surface area contributed by atoms with Crippen LogP contribution in [0.2, 0.25) is 0 Å². The summed E-state index contributed by atoms with van der Waals surface area (Å²) in [7, 11) is 0. The van der Waals surface area contributed by atoms with Crippen LogP contribution in [-0.4, -0.2) is 34.5 Å². The van der Waals surface area contributed by atoms with Crippen LogP contribution in [0.1, 0.15) is 13.8 Å². The molecule has 0 saturated heterocycles. The van der Waals surface area contributed by atoms with Crippen molar-refractivity contribution in [3.05, 3.63) is 54.7 Å². The van der Waals surface area contributed by atoms with Crippen LogP contribution in [0, 0.1) is 0 Å². The van der Waals surface area contributed by atoms with E-state index in [0.717, 1.165) is 44.3 Å². The number of anilines is 1. The molecule has 0 aliphatic carbocycles. The summed E-state index contributed by atoms with van der Waals surface area (Å²) in [4.78, 5) is 5.21. The minimum atomic E-state index is 0.100. The number of nitrogens with one attached hydrogen (secondary N) is 2. The van der Waals surface area contributed by atoms with E-state index in [2.05, 4.69) is 20.7 Å². The van der Waals surface area contributed by atoms with E-state index in [9.17, 15) is 0 Å². The van der Waals surface area contributed by atoms with E-state index in [1.165, 1.54) is 12.0 Å². The fourth-order valence-electron chi connectivity index (χ4n) is 3.38. The lowest BCUT2D eigenvalue weighted by Crippen LogP contribution is -2.15. The number of ether oxygens (including phenoxy) is 3. The van der Waals surface area contributed by atoms with Gasteiger partial charge in [-0.25, -0.2) is 10.5 Å². The number of nitrogens with zero attached hydrogens (tertiary/aromatic N) is 2. The van der Waals surface area contributed by atoms with Crippen molar-refractivity contribution in [3.8, 4) is 28.5 Å². The van der Waals surface area contributed by atoms with E-state index in [-0.39, 0.29) is 6.10 Å². The average Bonchev–Trinajstić information content (AvgIpc) is 3.22. The third-order valence-corrected chi connectivity index (χ3v) is 5.35. The van der Waals surface area contributed by atoms with Crippen molar-refractivity contribution in [1.29, 1.82) is 0 Å². The summed E-state index contributed by atoms with van der Waals surface area (Å²) in [6, 6.07) is 15.4. The van der Waals surface area contributed by atoms with Crippen molar-refractivity contribution in [2.24, 2.45) is 0 Å². The first-order chi connectivity index (χ1) is 15.7. The molecule has 164 valence electrons. The second-order valence-electron chi connectivity index (χ2n) is 7.45. The molecule has 8 nitrogen and oxygen atoms in total. The zero-order valence-corrected chi connectivity index (χ0v) is 18.4. The third kappa shape index (κ3) is 4.44. The van der Waals surface area contributed by atoms with Gasteiger partial charge in [0.05, 0.1) is 23.7 Å². The van der Waals surface area contributed by atoms with Gasteiger partial charge in [-0.1, -0.05) is 0 Å². The lowest BCUT2D eigenvalue weighted by atomic mass is 10.1. The van der Waals surface area contributed by atoms with E-state index < -0.39 is 0 Å². The van der Waals surface area contributed by atoms with Gasteiger partial charge in [-0.15, -0.1) is 0 Å². The number of fused-ring (bicyclic) bond motifs is 2. The van der Waals surface area contributed by atoms with Crippen molar-refractivity contribution in [3.63, 3.8) is 0 Å². The molecule has 1 aliphatic heterocycles. The Morgan fingerprint density at radius 3 is 2.78 bits per heavy atom.